The van der Waals surface area contributed by atoms with Gasteiger partial charge < -0.3 is 15.4 Å². The van der Waals surface area contributed by atoms with Crippen molar-refractivity contribution in [2.75, 3.05) is 31.7 Å². The largest absolute Gasteiger partial charge is 0.378 e. The van der Waals surface area contributed by atoms with E-state index in [0.717, 1.165) is 44.7 Å². The lowest BCUT2D eigenvalue weighted by Gasteiger charge is -2.41. The predicted molar refractivity (Wildman–Crippen MR) is 74.6 cm³/mol. The normalized spacial score (nSPS) is 29.8. The smallest absolute Gasteiger partial charge is 0.239 e. The maximum absolute atomic E-state index is 12.2. The molecule has 0 aliphatic carbocycles. The first kappa shape index (κ1) is 14.2. The highest BCUT2D eigenvalue weighted by Gasteiger charge is 2.34. The summed E-state index contributed by atoms with van der Waals surface area (Å²) < 4.78 is 5.76. The number of hydrogen-bond donors (Lipinski definition) is 1. The van der Waals surface area contributed by atoms with Crippen molar-refractivity contribution in [2.24, 2.45) is 11.7 Å². The molecule has 2 rings (SSSR count). The van der Waals surface area contributed by atoms with Crippen molar-refractivity contribution in [3.63, 3.8) is 0 Å². The first-order valence-electron chi connectivity index (χ1n) is 6.87. The molecule has 104 valence electrons. The Hall–Kier alpha value is -0.260. The summed E-state index contributed by atoms with van der Waals surface area (Å²) in [5.41, 5.74) is 5.97. The second-order valence-corrected chi connectivity index (χ2v) is 6.26. The van der Waals surface area contributed by atoms with Crippen LogP contribution in [0.25, 0.3) is 0 Å². The number of ether oxygens (including phenoxy) is 1. The molecule has 0 saturated carbocycles. The number of carbonyl (C=O) groups is 1. The minimum absolute atomic E-state index is 0.132. The summed E-state index contributed by atoms with van der Waals surface area (Å²) >= 11 is 1.74. The summed E-state index contributed by atoms with van der Waals surface area (Å²) in [5.74, 6) is 1.62. The van der Waals surface area contributed by atoms with Gasteiger partial charge in [-0.2, -0.15) is 11.8 Å². The summed E-state index contributed by atoms with van der Waals surface area (Å²) in [4.78, 5) is 14.2. The lowest BCUT2D eigenvalue weighted by Crippen LogP contribution is -2.52. The summed E-state index contributed by atoms with van der Waals surface area (Å²) in [6.45, 7) is 2.55. The van der Waals surface area contributed by atoms with Crippen molar-refractivity contribution in [2.45, 2.75) is 37.8 Å². The van der Waals surface area contributed by atoms with E-state index in [4.69, 9.17) is 10.5 Å². The highest BCUT2D eigenvalue weighted by atomic mass is 32.2. The van der Waals surface area contributed by atoms with Crippen LogP contribution in [0.4, 0.5) is 0 Å². The minimum atomic E-state index is -0.321. The quantitative estimate of drug-likeness (QED) is 0.832. The topological polar surface area (TPSA) is 55.6 Å². The Morgan fingerprint density at radius 2 is 2.39 bits per heavy atom. The molecule has 2 heterocycles. The van der Waals surface area contributed by atoms with Crippen LogP contribution in [-0.4, -0.2) is 54.7 Å². The van der Waals surface area contributed by atoms with Crippen molar-refractivity contribution in [3.05, 3.63) is 0 Å². The van der Waals surface area contributed by atoms with Gasteiger partial charge in [0.1, 0.15) is 0 Å². The highest BCUT2D eigenvalue weighted by Crippen LogP contribution is 2.28. The zero-order valence-electron chi connectivity index (χ0n) is 11.1. The second-order valence-electron chi connectivity index (χ2n) is 5.27. The molecule has 18 heavy (non-hydrogen) atoms. The second kappa shape index (κ2) is 6.78. The number of carbonyl (C=O) groups excluding carboxylic acids is 1. The van der Waals surface area contributed by atoms with Crippen molar-refractivity contribution < 1.29 is 9.53 Å². The number of rotatable bonds is 4. The molecule has 2 aliphatic heterocycles. The molecule has 2 aliphatic rings. The Labute approximate surface area is 114 Å². The molecule has 4 nitrogen and oxygen atoms in total. The van der Waals surface area contributed by atoms with E-state index in [1.54, 1.807) is 11.8 Å². The number of nitrogens with two attached hydrogens (primary N) is 1. The monoisotopic (exact) mass is 272 g/mol. The number of amides is 1. The molecule has 3 atom stereocenters. The number of nitrogens with zero attached hydrogens (tertiary/aromatic N) is 1. The standard InChI is InChI=1S/C13H24N2O2S/c1-18-8-5-11(14)13(16)15-6-4-12-10(9-15)3-2-7-17-12/h10-12H,2-9,14H2,1H3/t10-,11+,12-/m1/s1. The lowest BCUT2D eigenvalue weighted by atomic mass is 9.88. The Morgan fingerprint density at radius 3 is 3.17 bits per heavy atom. The molecule has 0 unspecified atom stereocenters. The first-order valence-corrected chi connectivity index (χ1v) is 8.26. The number of likely N-dealkylation sites (tertiary alicyclic amines) is 1. The molecular formula is C13H24N2O2S. The number of hydrogen-bond acceptors (Lipinski definition) is 4. The van der Waals surface area contributed by atoms with E-state index < -0.39 is 0 Å². The van der Waals surface area contributed by atoms with E-state index >= 15 is 0 Å². The van der Waals surface area contributed by atoms with Crippen LogP contribution in [0.2, 0.25) is 0 Å². The van der Waals surface area contributed by atoms with Crippen molar-refractivity contribution in [1.82, 2.24) is 4.90 Å². The average molecular weight is 272 g/mol. The van der Waals surface area contributed by atoms with Crippen LogP contribution in [0.3, 0.4) is 0 Å². The van der Waals surface area contributed by atoms with Gasteiger partial charge in [0.2, 0.25) is 5.91 Å². The van der Waals surface area contributed by atoms with E-state index in [0.29, 0.717) is 12.0 Å². The number of fused-ring (bicyclic) bond motifs is 1. The Kier molecular flexibility index (Phi) is 5.33. The maximum Gasteiger partial charge on any atom is 0.239 e. The van der Waals surface area contributed by atoms with Gasteiger partial charge in [0.15, 0.2) is 0 Å². The van der Waals surface area contributed by atoms with Crippen LogP contribution in [0.1, 0.15) is 25.7 Å². The molecule has 2 N–H and O–H groups in total. The summed E-state index contributed by atoms with van der Waals surface area (Å²) in [6.07, 6.45) is 6.50. The molecule has 0 aromatic heterocycles. The molecule has 0 aromatic rings. The van der Waals surface area contributed by atoms with Crippen molar-refractivity contribution in [1.29, 1.82) is 0 Å². The SMILES string of the molecule is CSCC[C@H](N)C(=O)N1CC[C@H]2OCCC[C@@H]2C1. The van der Waals surface area contributed by atoms with Gasteiger partial charge in [-0.05, 0) is 37.7 Å². The molecule has 0 spiro atoms. The number of piperidine rings is 1. The van der Waals surface area contributed by atoms with E-state index in [1.807, 2.05) is 11.2 Å². The fraction of sp³-hybridized carbons (Fsp3) is 0.923. The Bertz CT molecular complexity index is 288. The van der Waals surface area contributed by atoms with E-state index in [2.05, 4.69) is 0 Å². The first-order chi connectivity index (χ1) is 8.72. The van der Waals surface area contributed by atoms with E-state index in [-0.39, 0.29) is 11.9 Å². The molecule has 0 bridgehead atoms. The van der Waals surface area contributed by atoms with Gasteiger partial charge in [-0.3, -0.25) is 4.79 Å². The Balaban J connectivity index is 1.84. The summed E-state index contributed by atoms with van der Waals surface area (Å²) in [5, 5.41) is 0. The molecule has 2 fully saturated rings. The fourth-order valence-electron chi connectivity index (χ4n) is 2.89. The molecular weight excluding hydrogens is 248 g/mol. The predicted octanol–water partition coefficient (Wildman–Crippen LogP) is 1.09. The third-order valence-electron chi connectivity index (χ3n) is 3.98. The van der Waals surface area contributed by atoms with Gasteiger partial charge in [0, 0.05) is 25.6 Å². The molecule has 1 amide bonds. The van der Waals surface area contributed by atoms with E-state index in [9.17, 15) is 4.79 Å². The van der Waals surface area contributed by atoms with Gasteiger partial charge in [-0.1, -0.05) is 0 Å². The average Bonchev–Trinajstić information content (AvgIpc) is 2.43. The van der Waals surface area contributed by atoms with Crippen molar-refractivity contribution in [3.8, 4) is 0 Å². The fourth-order valence-corrected chi connectivity index (χ4v) is 3.38. The van der Waals surface area contributed by atoms with Crippen LogP contribution in [0.15, 0.2) is 0 Å². The zero-order valence-corrected chi connectivity index (χ0v) is 12.0. The van der Waals surface area contributed by atoms with Crippen LogP contribution in [0, 0.1) is 5.92 Å². The third-order valence-corrected chi connectivity index (χ3v) is 4.62. The van der Waals surface area contributed by atoms with Crippen LogP contribution in [0.5, 0.6) is 0 Å². The molecule has 5 heteroatoms. The third kappa shape index (κ3) is 3.39. The Morgan fingerprint density at radius 1 is 1.56 bits per heavy atom. The molecule has 2 saturated heterocycles. The van der Waals surface area contributed by atoms with Crippen LogP contribution >= 0.6 is 11.8 Å². The zero-order chi connectivity index (χ0) is 13.0. The van der Waals surface area contributed by atoms with Gasteiger partial charge in [0.05, 0.1) is 12.1 Å². The van der Waals surface area contributed by atoms with Gasteiger partial charge in [-0.15, -0.1) is 0 Å². The van der Waals surface area contributed by atoms with Crippen molar-refractivity contribution >= 4 is 17.7 Å². The summed E-state index contributed by atoms with van der Waals surface area (Å²) in [7, 11) is 0. The van der Waals surface area contributed by atoms with Gasteiger partial charge in [0.25, 0.3) is 0 Å². The van der Waals surface area contributed by atoms with Gasteiger partial charge >= 0.3 is 0 Å². The number of thioether (sulfide) groups is 1. The van der Waals surface area contributed by atoms with Crippen LogP contribution in [-0.2, 0) is 9.53 Å². The van der Waals surface area contributed by atoms with E-state index in [1.165, 1.54) is 6.42 Å². The maximum atomic E-state index is 12.2. The highest BCUT2D eigenvalue weighted by molar-refractivity contribution is 7.98. The van der Waals surface area contributed by atoms with Crippen LogP contribution < -0.4 is 5.73 Å². The minimum Gasteiger partial charge on any atom is -0.378 e. The summed E-state index contributed by atoms with van der Waals surface area (Å²) in [6, 6.07) is -0.321. The molecule has 0 aromatic carbocycles. The van der Waals surface area contributed by atoms with Gasteiger partial charge in [-0.25, -0.2) is 0 Å². The molecule has 0 radical (unpaired) electrons. The lowest BCUT2D eigenvalue weighted by molar-refractivity contribution is -0.139.